The van der Waals surface area contributed by atoms with Crippen LogP contribution in [0.15, 0.2) is 24.4 Å². The summed E-state index contributed by atoms with van der Waals surface area (Å²) in [6.07, 6.45) is 2.83. The molecule has 0 amide bonds. The van der Waals surface area contributed by atoms with Gasteiger partial charge in [0.25, 0.3) is 0 Å². The zero-order chi connectivity index (χ0) is 15.7. The number of benzene rings is 1. The average molecular weight is 296 g/mol. The van der Waals surface area contributed by atoms with Crippen LogP contribution in [0, 0.1) is 13.0 Å². The van der Waals surface area contributed by atoms with Gasteiger partial charge in [-0.15, -0.1) is 0 Å². The van der Waals surface area contributed by atoms with E-state index in [2.05, 4.69) is 29.9 Å². The molecule has 0 aliphatic heterocycles. The third kappa shape index (κ3) is 2.28. The van der Waals surface area contributed by atoms with E-state index in [1.54, 1.807) is 14.2 Å². The Bertz CT molecular complexity index is 824. The van der Waals surface area contributed by atoms with Crippen LogP contribution in [0.25, 0.3) is 17.0 Å². The van der Waals surface area contributed by atoms with Crippen LogP contribution in [0.5, 0.6) is 11.6 Å². The standard InChI is InChI=1S/C17H18N3O2/c1-5-14-11(2)20-10-15(18-17(20)19-16(14)22-4)12-7-6-8-13(9-12)21-3/h6,8-10H,5H2,1-4H3. The number of imidazole rings is 1. The highest BCUT2D eigenvalue weighted by Gasteiger charge is 2.14. The Morgan fingerprint density at radius 1 is 1.23 bits per heavy atom. The van der Waals surface area contributed by atoms with Gasteiger partial charge in [-0.25, -0.2) is 4.98 Å². The van der Waals surface area contributed by atoms with Gasteiger partial charge in [0.05, 0.1) is 19.9 Å². The van der Waals surface area contributed by atoms with Crippen molar-refractivity contribution in [2.45, 2.75) is 20.3 Å². The molecular weight excluding hydrogens is 278 g/mol. The number of hydrogen-bond donors (Lipinski definition) is 0. The van der Waals surface area contributed by atoms with Gasteiger partial charge in [-0.05, 0) is 37.6 Å². The highest BCUT2D eigenvalue weighted by Crippen LogP contribution is 2.26. The number of methoxy groups -OCH3 is 2. The van der Waals surface area contributed by atoms with Crippen LogP contribution in [-0.4, -0.2) is 28.6 Å². The van der Waals surface area contributed by atoms with E-state index in [1.165, 1.54) is 0 Å². The van der Waals surface area contributed by atoms with E-state index < -0.39 is 0 Å². The van der Waals surface area contributed by atoms with E-state index in [1.807, 2.05) is 28.8 Å². The van der Waals surface area contributed by atoms with Gasteiger partial charge in [-0.3, -0.25) is 4.40 Å². The van der Waals surface area contributed by atoms with Crippen molar-refractivity contribution in [1.29, 1.82) is 0 Å². The largest absolute Gasteiger partial charge is 0.497 e. The Labute approximate surface area is 129 Å². The van der Waals surface area contributed by atoms with Crippen molar-refractivity contribution in [2.75, 3.05) is 14.2 Å². The molecule has 0 unspecified atom stereocenters. The van der Waals surface area contributed by atoms with Crippen molar-refractivity contribution in [3.05, 3.63) is 41.7 Å². The van der Waals surface area contributed by atoms with Crippen LogP contribution in [0.1, 0.15) is 18.2 Å². The summed E-state index contributed by atoms with van der Waals surface area (Å²) >= 11 is 0. The molecule has 0 fully saturated rings. The van der Waals surface area contributed by atoms with Gasteiger partial charge in [0.1, 0.15) is 5.75 Å². The lowest BCUT2D eigenvalue weighted by atomic mass is 10.1. The Morgan fingerprint density at radius 2 is 2.05 bits per heavy atom. The Morgan fingerprint density at radius 3 is 2.73 bits per heavy atom. The van der Waals surface area contributed by atoms with E-state index in [0.29, 0.717) is 11.7 Å². The quantitative estimate of drug-likeness (QED) is 0.742. The average Bonchev–Trinajstić information content (AvgIpc) is 2.99. The van der Waals surface area contributed by atoms with Crippen molar-refractivity contribution in [3.8, 4) is 22.9 Å². The van der Waals surface area contributed by atoms with Crippen molar-refractivity contribution in [3.63, 3.8) is 0 Å². The molecule has 1 aromatic carbocycles. The summed E-state index contributed by atoms with van der Waals surface area (Å²) in [7, 11) is 3.28. The molecule has 0 N–H and O–H groups in total. The summed E-state index contributed by atoms with van der Waals surface area (Å²) < 4.78 is 12.6. The molecule has 0 atom stereocenters. The summed E-state index contributed by atoms with van der Waals surface area (Å²) in [5.74, 6) is 2.04. The number of aromatic nitrogens is 3. The Balaban J connectivity index is 2.19. The molecule has 2 heterocycles. The molecule has 0 saturated carbocycles. The molecule has 3 aromatic rings. The predicted molar refractivity (Wildman–Crippen MR) is 84.5 cm³/mol. The van der Waals surface area contributed by atoms with Crippen molar-refractivity contribution < 1.29 is 9.47 Å². The molecule has 0 bridgehead atoms. The summed E-state index contributed by atoms with van der Waals surface area (Å²) in [5.41, 5.74) is 3.87. The maximum absolute atomic E-state index is 5.38. The fraction of sp³-hybridized carbons (Fsp3) is 0.294. The molecule has 0 aliphatic rings. The molecule has 113 valence electrons. The highest BCUT2D eigenvalue weighted by atomic mass is 16.5. The molecule has 22 heavy (non-hydrogen) atoms. The number of nitrogens with zero attached hydrogens (tertiary/aromatic N) is 3. The molecule has 0 spiro atoms. The van der Waals surface area contributed by atoms with Gasteiger partial charge in [-0.2, -0.15) is 4.98 Å². The van der Waals surface area contributed by atoms with Gasteiger partial charge in [0.2, 0.25) is 11.7 Å². The van der Waals surface area contributed by atoms with E-state index in [0.717, 1.165) is 34.7 Å². The number of fused-ring (bicyclic) bond motifs is 1. The van der Waals surface area contributed by atoms with E-state index in [-0.39, 0.29) is 0 Å². The second-order valence-electron chi connectivity index (χ2n) is 4.98. The minimum Gasteiger partial charge on any atom is -0.497 e. The zero-order valence-electron chi connectivity index (χ0n) is 13.2. The monoisotopic (exact) mass is 296 g/mol. The topological polar surface area (TPSA) is 48.7 Å². The summed E-state index contributed by atoms with van der Waals surface area (Å²) in [6.45, 7) is 4.14. The minimum absolute atomic E-state index is 0.623. The molecule has 3 rings (SSSR count). The number of rotatable bonds is 4. The van der Waals surface area contributed by atoms with Crippen molar-refractivity contribution in [2.24, 2.45) is 0 Å². The first-order valence-corrected chi connectivity index (χ1v) is 7.16. The smallest absolute Gasteiger partial charge is 0.237 e. The fourth-order valence-corrected chi connectivity index (χ4v) is 2.58. The van der Waals surface area contributed by atoms with Gasteiger partial charge >= 0.3 is 0 Å². The molecule has 2 aromatic heterocycles. The lowest BCUT2D eigenvalue weighted by Crippen LogP contribution is -2.03. The summed E-state index contributed by atoms with van der Waals surface area (Å²) in [6, 6.07) is 8.79. The van der Waals surface area contributed by atoms with Gasteiger partial charge < -0.3 is 9.47 Å². The van der Waals surface area contributed by atoms with Crippen LogP contribution in [-0.2, 0) is 6.42 Å². The lowest BCUT2D eigenvalue weighted by molar-refractivity contribution is 0.392. The van der Waals surface area contributed by atoms with Gasteiger partial charge in [0.15, 0.2) is 0 Å². The predicted octanol–water partition coefficient (Wildman–Crippen LogP) is 3.08. The van der Waals surface area contributed by atoms with Crippen LogP contribution in [0.3, 0.4) is 0 Å². The normalized spacial score (nSPS) is 10.9. The fourth-order valence-electron chi connectivity index (χ4n) is 2.58. The first kappa shape index (κ1) is 14.4. The molecule has 0 aliphatic carbocycles. The van der Waals surface area contributed by atoms with Crippen LogP contribution in [0.4, 0.5) is 0 Å². The molecule has 1 radical (unpaired) electrons. The second-order valence-corrected chi connectivity index (χ2v) is 4.98. The highest BCUT2D eigenvalue weighted by molar-refractivity contribution is 5.63. The zero-order valence-corrected chi connectivity index (χ0v) is 13.2. The Kier molecular flexibility index (Phi) is 3.71. The first-order valence-electron chi connectivity index (χ1n) is 7.16. The lowest BCUT2D eigenvalue weighted by Gasteiger charge is -2.10. The third-order valence-corrected chi connectivity index (χ3v) is 3.78. The third-order valence-electron chi connectivity index (χ3n) is 3.78. The molecule has 5 heteroatoms. The van der Waals surface area contributed by atoms with E-state index >= 15 is 0 Å². The maximum Gasteiger partial charge on any atom is 0.237 e. The number of hydrogen-bond acceptors (Lipinski definition) is 4. The molecule has 5 nitrogen and oxygen atoms in total. The summed E-state index contributed by atoms with van der Waals surface area (Å²) in [4.78, 5) is 9.09. The minimum atomic E-state index is 0.623. The number of ether oxygens (including phenoxy) is 2. The van der Waals surface area contributed by atoms with Crippen LogP contribution >= 0.6 is 0 Å². The second kappa shape index (κ2) is 5.67. The van der Waals surface area contributed by atoms with E-state index in [4.69, 9.17) is 9.47 Å². The van der Waals surface area contributed by atoms with Crippen molar-refractivity contribution in [1.82, 2.24) is 14.4 Å². The van der Waals surface area contributed by atoms with Gasteiger partial charge in [-0.1, -0.05) is 6.92 Å². The van der Waals surface area contributed by atoms with Crippen molar-refractivity contribution >= 4 is 5.78 Å². The Hall–Kier alpha value is -2.56. The van der Waals surface area contributed by atoms with Crippen LogP contribution in [0.2, 0.25) is 0 Å². The van der Waals surface area contributed by atoms with Crippen LogP contribution < -0.4 is 9.47 Å². The molecular formula is C17H18N3O2. The summed E-state index contributed by atoms with van der Waals surface area (Å²) in [5, 5.41) is 0. The van der Waals surface area contributed by atoms with E-state index in [9.17, 15) is 0 Å². The number of aryl methyl sites for hydroxylation is 1. The SMILES string of the molecule is CCc1c(OC)nc2nc(-c3[c]ccc(OC)c3)cn2c1C. The first-order chi connectivity index (χ1) is 10.7. The maximum atomic E-state index is 5.38. The molecule has 0 saturated heterocycles. The van der Waals surface area contributed by atoms with Gasteiger partial charge in [0, 0.05) is 23.0 Å².